The fourth-order valence-corrected chi connectivity index (χ4v) is 10.8. The SMILES string of the molecule is C[C@]1(CO)O[C@@H](n2ccc(N)nc2=O)CC1O[P+](=O)O.C[C@]1(CO)O[C@@H](n2ccc(N)nc2=O)CC1O[P+](=O)O.C[C@]1(CO)O[C@@H](n2ccc(N)nc2=O)[C@@H](F)C1O[P+](=O)O.C[C@]1(CO)O[C@@H](n2ccc(N)nc2=O)[C@@H](F)C1O[P+](=O)S. The zero-order valence-electron chi connectivity index (χ0n) is 43.2. The summed E-state index contributed by atoms with van der Waals surface area (Å²) in [7, 11) is -11.2. The molecule has 4 aliphatic rings. The van der Waals surface area contributed by atoms with Crippen LogP contribution in [0.4, 0.5) is 32.1 Å². The number of aromatic nitrogens is 8. The molecular weight excluding hydrogens is 1210 g/mol. The van der Waals surface area contributed by atoms with Crippen LogP contribution >= 0.6 is 44.2 Å². The molecule has 0 bridgehead atoms. The van der Waals surface area contributed by atoms with E-state index in [-0.39, 0.29) is 36.1 Å². The van der Waals surface area contributed by atoms with Crippen molar-refractivity contribution in [1.29, 1.82) is 0 Å². The van der Waals surface area contributed by atoms with Crippen LogP contribution < -0.4 is 45.7 Å². The quantitative estimate of drug-likeness (QED) is 0.0471. The zero-order chi connectivity index (χ0) is 61.4. The number of ether oxygens (including phenoxy) is 4. The number of nitrogens with zero attached hydrogens (tertiary/aromatic N) is 8. The summed E-state index contributed by atoms with van der Waals surface area (Å²) in [4.78, 5) is 87.5. The van der Waals surface area contributed by atoms with E-state index in [1.165, 1.54) is 85.9 Å². The van der Waals surface area contributed by atoms with E-state index in [0.29, 0.717) is 0 Å². The van der Waals surface area contributed by atoms with Crippen LogP contribution in [-0.4, -0.2) is 159 Å². The van der Waals surface area contributed by atoms with Crippen molar-refractivity contribution in [2.24, 2.45) is 0 Å². The van der Waals surface area contributed by atoms with E-state index < -0.39 is 165 Å². The Morgan fingerprint density at radius 3 is 1.06 bits per heavy atom. The number of nitrogen functional groups attached to an aromatic ring is 4. The third-order valence-electron chi connectivity index (χ3n) is 12.8. The van der Waals surface area contributed by atoms with Crippen LogP contribution in [0.3, 0.4) is 0 Å². The molecule has 82 heavy (non-hydrogen) atoms. The van der Waals surface area contributed by atoms with Crippen LogP contribution in [0.25, 0.3) is 0 Å². The highest BCUT2D eigenvalue weighted by molar-refractivity contribution is 8.39. The topological polar surface area (TPSA) is 527 Å². The Hall–Kier alpha value is -5.27. The number of rotatable bonds is 16. The number of hydrogen-bond donors (Lipinski definition) is 12. The lowest BCUT2D eigenvalue weighted by Gasteiger charge is -2.24. The molecule has 4 fully saturated rings. The molecule has 0 amide bonds. The van der Waals surface area contributed by atoms with Gasteiger partial charge in [0.15, 0.2) is 49.2 Å². The van der Waals surface area contributed by atoms with Crippen LogP contribution in [0.1, 0.15) is 65.4 Å². The fourth-order valence-electron chi connectivity index (χ4n) is 8.41. The van der Waals surface area contributed by atoms with Crippen molar-refractivity contribution >= 4 is 67.5 Å². The van der Waals surface area contributed by atoms with E-state index in [0.717, 1.165) is 9.13 Å². The Morgan fingerprint density at radius 2 is 0.805 bits per heavy atom. The third kappa shape index (κ3) is 16.1. The second kappa shape index (κ2) is 28.1. The van der Waals surface area contributed by atoms with Crippen molar-refractivity contribution < 1.29 is 99.2 Å². The van der Waals surface area contributed by atoms with E-state index >= 15 is 0 Å². The van der Waals surface area contributed by atoms with Crippen molar-refractivity contribution in [2.45, 2.75) is 125 Å². The highest BCUT2D eigenvalue weighted by atomic mass is 32.7. The molecule has 8 heterocycles. The number of alkyl halides is 2. The number of anilines is 4. The molecule has 0 saturated carbocycles. The van der Waals surface area contributed by atoms with Crippen molar-refractivity contribution in [3.63, 3.8) is 0 Å². The summed E-state index contributed by atoms with van der Waals surface area (Å²) in [5.74, 6) is 0.113. The van der Waals surface area contributed by atoms with Gasteiger partial charge in [-0.25, -0.2) is 28.0 Å². The molecule has 18 atom stereocenters. The summed E-state index contributed by atoms with van der Waals surface area (Å²) in [6.07, 6.45) is -7.19. The summed E-state index contributed by atoms with van der Waals surface area (Å²) in [6, 6.07) is 5.44. The molecule has 452 valence electrons. The highest BCUT2D eigenvalue weighted by Crippen LogP contribution is 2.47. The van der Waals surface area contributed by atoms with Crippen molar-refractivity contribution in [3.05, 3.63) is 91.0 Å². The summed E-state index contributed by atoms with van der Waals surface area (Å²) >= 11 is 3.57. The summed E-state index contributed by atoms with van der Waals surface area (Å²) in [6.45, 7) is 3.64. The molecule has 8 rings (SSSR count). The minimum atomic E-state index is -3.11. The van der Waals surface area contributed by atoms with Gasteiger partial charge < -0.3 is 62.3 Å². The molecule has 0 radical (unpaired) electrons. The van der Waals surface area contributed by atoms with Crippen LogP contribution in [0.15, 0.2) is 68.2 Å². The highest BCUT2D eigenvalue weighted by Gasteiger charge is 2.60. The van der Waals surface area contributed by atoms with Gasteiger partial charge in [0.25, 0.3) is 0 Å². The molecule has 4 aromatic rings. The van der Waals surface area contributed by atoms with Crippen LogP contribution in [0.2, 0.25) is 0 Å². The van der Waals surface area contributed by atoms with E-state index in [2.05, 4.69) is 36.7 Å². The summed E-state index contributed by atoms with van der Waals surface area (Å²) < 4.78 is 118. The first-order chi connectivity index (χ1) is 38.3. The van der Waals surface area contributed by atoms with Gasteiger partial charge in [0.05, 0.1) is 26.4 Å². The van der Waals surface area contributed by atoms with E-state index in [9.17, 15) is 66.6 Å². The van der Waals surface area contributed by atoms with E-state index in [1.807, 2.05) is 0 Å². The maximum absolute atomic E-state index is 14.5. The smallest absolute Gasteiger partial charge is 0.393 e. The predicted molar refractivity (Wildman–Crippen MR) is 279 cm³/mol. The van der Waals surface area contributed by atoms with Crippen molar-refractivity contribution in [2.75, 3.05) is 49.4 Å². The van der Waals surface area contributed by atoms with Crippen LogP contribution in [-0.2, 0) is 55.3 Å². The lowest BCUT2D eigenvalue weighted by molar-refractivity contribution is -0.113. The molecular formula is C40H58F2N12O23P4S+4. The van der Waals surface area contributed by atoms with Crippen LogP contribution in [0.5, 0.6) is 0 Å². The van der Waals surface area contributed by atoms with Gasteiger partial charge in [0.2, 0.25) is 0 Å². The molecule has 0 spiro atoms. The molecule has 4 aliphatic heterocycles. The average Bonchev–Trinajstić information content (AvgIpc) is 4.29. The maximum Gasteiger partial charge on any atom is 0.695 e. The number of thiol groups is 1. The Bertz CT molecular complexity index is 3010. The molecule has 4 aromatic heterocycles. The molecule has 42 heteroatoms. The Kier molecular flexibility index (Phi) is 23.1. The first-order valence-corrected chi connectivity index (χ1v) is 29.1. The molecule has 0 aliphatic carbocycles. The lowest BCUT2D eigenvalue weighted by Crippen LogP contribution is -2.43. The van der Waals surface area contributed by atoms with E-state index in [1.54, 1.807) is 0 Å². The van der Waals surface area contributed by atoms with Gasteiger partial charge in [-0.1, -0.05) is 0 Å². The lowest BCUT2D eigenvalue weighted by atomic mass is 9.99. The Labute approximate surface area is 468 Å². The Balaban J connectivity index is 0.000000200. The minimum Gasteiger partial charge on any atom is -0.393 e. The number of aliphatic hydroxyl groups is 4. The minimum absolute atomic E-state index is 0.0131. The number of halogens is 2. The summed E-state index contributed by atoms with van der Waals surface area (Å²) in [5.41, 5.74) is 13.2. The van der Waals surface area contributed by atoms with Crippen molar-refractivity contribution in [1.82, 2.24) is 38.2 Å². The Morgan fingerprint density at radius 1 is 0.524 bits per heavy atom. The second-order valence-electron chi connectivity index (χ2n) is 18.8. The normalized spacial score (nSPS) is 31.8. The van der Waals surface area contributed by atoms with Gasteiger partial charge in [-0.05, 0) is 56.5 Å². The summed E-state index contributed by atoms with van der Waals surface area (Å²) in [5, 5.41) is 37.5. The van der Waals surface area contributed by atoms with Gasteiger partial charge in [0, 0.05) is 51.3 Å². The number of hydrogen-bond acceptors (Lipinski definition) is 28. The standard InChI is InChI=1S/C10H13FN3O6P.C10H13FN3O5PS.2C10H14N3O6P/c1-10(4-15)7(20-21(17)18)6(11)8(19-10)14-3-2-5(12)13-9(14)16;1-10(4-15)7(19-20(17)21)6(11)8(18-10)14-3-2-5(12)13-9(14)16;2*1-10(5-14)6(19-20(16)17)4-8(18-10)13-3-2-7(11)12-9(13)15/h2-3,6-8,15H,4H2,1H3,(H2-,12,13,16,17,18);2-3,6-8,15H,4H2,1H3,(H2-,12,13,16,17,21);2*2-3,6,8,14H,4-5H2,1H3,(H2-,11,12,15,16,17)/p+4/t2*6-,7?,8+,10+;2*6?,8-,10-/m0011/s1. The molecule has 15 N–H and O–H groups in total. The van der Waals surface area contributed by atoms with Gasteiger partial charge in [-0.15, -0.1) is 32.8 Å². The maximum atomic E-state index is 14.5. The molecule has 35 nitrogen and oxygen atoms in total. The monoisotopic (exact) mass is 1270 g/mol. The van der Waals surface area contributed by atoms with Gasteiger partial charge in [0.1, 0.15) is 70.4 Å². The van der Waals surface area contributed by atoms with Gasteiger partial charge >= 0.3 is 54.8 Å². The van der Waals surface area contributed by atoms with Gasteiger partial charge in [-0.3, -0.25) is 18.3 Å². The van der Waals surface area contributed by atoms with E-state index in [4.69, 9.17) is 70.1 Å². The molecule has 8 unspecified atom stereocenters. The average molecular weight is 1270 g/mol. The molecule has 4 saturated heterocycles. The molecule has 0 aromatic carbocycles. The van der Waals surface area contributed by atoms with Crippen molar-refractivity contribution in [3.8, 4) is 0 Å². The first kappa shape index (κ1) is 67.5. The predicted octanol–water partition coefficient (Wildman–Crippen LogP) is -1.05. The van der Waals surface area contributed by atoms with Gasteiger partial charge in [-0.2, -0.15) is 19.9 Å². The fraction of sp³-hybridized carbons (Fsp3) is 0.600. The number of nitrogens with two attached hydrogens (primary N) is 4. The first-order valence-electron chi connectivity index (χ1n) is 23.4. The second-order valence-corrected chi connectivity index (χ2v) is 22.5. The number of aliphatic hydroxyl groups excluding tert-OH is 4. The van der Waals surface area contributed by atoms with Crippen LogP contribution in [0, 0.1) is 0 Å². The third-order valence-corrected chi connectivity index (χ3v) is 14.8. The zero-order valence-corrected chi connectivity index (χ0v) is 47.6. The largest absolute Gasteiger partial charge is 0.695 e.